The van der Waals surface area contributed by atoms with Crippen LogP contribution in [0.1, 0.15) is 26.2 Å². The average Bonchev–Trinajstić information content (AvgIpc) is 2.17. The maximum atomic E-state index is 5.07. The number of allylic oxidation sites excluding steroid dienone is 2. The molecule has 0 aromatic carbocycles. The van der Waals surface area contributed by atoms with Crippen molar-refractivity contribution in [1.29, 1.82) is 0 Å². The van der Waals surface area contributed by atoms with Gasteiger partial charge in [-0.3, -0.25) is 0 Å². The Hall–Kier alpha value is -0.340. The highest BCUT2D eigenvalue weighted by molar-refractivity contribution is 4.90. The molecule has 0 saturated heterocycles. The standard InChI is InChI=1S/C11H21NO/c1-10(9-13-2)12-8-11-6-4-3-5-7-11/h3-4,10-12H,5-9H2,1-2H3/t10-,11-/m1/s1. The summed E-state index contributed by atoms with van der Waals surface area (Å²) in [6, 6.07) is 0.482. The van der Waals surface area contributed by atoms with E-state index in [2.05, 4.69) is 24.4 Å². The molecule has 13 heavy (non-hydrogen) atoms. The van der Waals surface area contributed by atoms with Crippen molar-refractivity contribution in [3.63, 3.8) is 0 Å². The molecule has 0 heterocycles. The monoisotopic (exact) mass is 183 g/mol. The second-order valence-electron chi connectivity index (χ2n) is 3.92. The van der Waals surface area contributed by atoms with Gasteiger partial charge >= 0.3 is 0 Å². The summed E-state index contributed by atoms with van der Waals surface area (Å²) >= 11 is 0. The highest BCUT2D eigenvalue weighted by atomic mass is 16.5. The van der Waals surface area contributed by atoms with Crippen molar-refractivity contribution < 1.29 is 4.74 Å². The molecule has 0 bridgehead atoms. The van der Waals surface area contributed by atoms with Crippen LogP contribution in [-0.2, 0) is 4.74 Å². The van der Waals surface area contributed by atoms with E-state index in [1.165, 1.54) is 19.3 Å². The van der Waals surface area contributed by atoms with Gasteiger partial charge in [-0.25, -0.2) is 0 Å². The van der Waals surface area contributed by atoms with Crippen LogP contribution < -0.4 is 5.32 Å². The van der Waals surface area contributed by atoms with Crippen LogP contribution in [0.15, 0.2) is 12.2 Å². The Bertz CT molecular complexity index is 156. The normalized spacial score (nSPS) is 24.6. The van der Waals surface area contributed by atoms with E-state index in [1.807, 2.05) is 0 Å². The summed E-state index contributed by atoms with van der Waals surface area (Å²) in [6.07, 6.45) is 8.42. The maximum absolute atomic E-state index is 5.07. The lowest BCUT2D eigenvalue weighted by Crippen LogP contribution is -2.34. The van der Waals surface area contributed by atoms with Gasteiger partial charge in [0.2, 0.25) is 0 Å². The Kier molecular flexibility index (Phi) is 5.09. The van der Waals surface area contributed by atoms with Crippen molar-refractivity contribution >= 4 is 0 Å². The molecule has 0 spiro atoms. The Labute approximate surface area is 81.4 Å². The van der Waals surface area contributed by atoms with E-state index in [0.29, 0.717) is 6.04 Å². The minimum absolute atomic E-state index is 0.482. The van der Waals surface area contributed by atoms with Gasteiger partial charge in [0.15, 0.2) is 0 Å². The SMILES string of the molecule is COC[C@@H](C)NC[C@@H]1CC=CCC1. The predicted octanol–water partition coefficient (Wildman–Crippen LogP) is 1.97. The van der Waals surface area contributed by atoms with E-state index in [4.69, 9.17) is 4.74 Å². The molecule has 0 aromatic rings. The van der Waals surface area contributed by atoms with E-state index >= 15 is 0 Å². The van der Waals surface area contributed by atoms with Crippen molar-refractivity contribution in [1.82, 2.24) is 5.32 Å². The van der Waals surface area contributed by atoms with Crippen LogP contribution in [0.3, 0.4) is 0 Å². The van der Waals surface area contributed by atoms with Gasteiger partial charge in [-0.1, -0.05) is 12.2 Å². The highest BCUT2D eigenvalue weighted by Crippen LogP contribution is 2.16. The zero-order valence-corrected chi connectivity index (χ0v) is 8.75. The van der Waals surface area contributed by atoms with Crippen molar-refractivity contribution in [2.45, 2.75) is 32.2 Å². The summed E-state index contributed by atoms with van der Waals surface area (Å²) in [5, 5.41) is 3.49. The Morgan fingerprint density at radius 2 is 2.38 bits per heavy atom. The Morgan fingerprint density at radius 1 is 1.54 bits per heavy atom. The van der Waals surface area contributed by atoms with Gasteiger partial charge in [-0.05, 0) is 38.6 Å². The van der Waals surface area contributed by atoms with Crippen LogP contribution in [0.4, 0.5) is 0 Å². The third-order valence-electron chi connectivity index (χ3n) is 2.55. The Balaban J connectivity index is 2.07. The summed E-state index contributed by atoms with van der Waals surface area (Å²) in [7, 11) is 1.75. The van der Waals surface area contributed by atoms with Gasteiger partial charge in [0, 0.05) is 13.2 Å². The zero-order chi connectivity index (χ0) is 9.52. The number of hydrogen-bond acceptors (Lipinski definition) is 2. The van der Waals surface area contributed by atoms with E-state index in [1.54, 1.807) is 7.11 Å². The van der Waals surface area contributed by atoms with Crippen molar-refractivity contribution in [2.24, 2.45) is 5.92 Å². The lowest BCUT2D eigenvalue weighted by molar-refractivity contribution is 0.169. The van der Waals surface area contributed by atoms with Crippen LogP contribution in [0.2, 0.25) is 0 Å². The molecule has 1 aliphatic rings. The second kappa shape index (κ2) is 6.17. The smallest absolute Gasteiger partial charge is 0.0613 e. The van der Waals surface area contributed by atoms with Gasteiger partial charge in [-0.2, -0.15) is 0 Å². The van der Waals surface area contributed by atoms with Crippen LogP contribution >= 0.6 is 0 Å². The molecule has 2 atom stereocenters. The minimum atomic E-state index is 0.482. The summed E-state index contributed by atoms with van der Waals surface area (Å²) in [5.41, 5.74) is 0. The van der Waals surface area contributed by atoms with E-state index in [-0.39, 0.29) is 0 Å². The minimum Gasteiger partial charge on any atom is -0.383 e. The van der Waals surface area contributed by atoms with Gasteiger partial charge < -0.3 is 10.1 Å². The maximum Gasteiger partial charge on any atom is 0.0613 e. The fraction of sp³-hybridized carbons (Fsp3) is 0.818. The largest absolute Gasteiger partial charge is 0.383 e. The first-order chi connectivity index (χ1) is 6.33. The molecule has 76 valence electrons. The molecule has 2 heteroatoms. The third-order valence-corrected chi connectivity index (χ3v) is 2.55. The molecule has 1 rings (SSSR count). The predicted molar refractivity (Wildman–Crippen MR) is 55.8 cm³/mol. The molecular formula is C11H21NO. The highest BCUT2D eigenvalue weighted by Gasteiger charge is 2.10. The molecule has 1 aliphatic carbocycles. The topological polar surface area (TPSA) is 21.3 Å². The lowest BCUT2D eigenvalue weighted by Gasteiger charge is -2.20. The number of rotatable bonds is 5. The lowest BCUT2D eigenvalue weighted by atomic mass is 9.94. The molecule has 0 saturated carbocycles. The first-order valence-electron chi connectivity index (χ1n) is 5.20. The molecule has 0 amide bonds. The first kappa shape index (κ1) is 10.7. The van der Waals surface area contributed by atoms with E-state index in [0.717, 1.165) is 19.1 Å². The van der Waals surface area contributed by atoms with Gasteiger partial charge in [0.25, 0.3) is 0 Å². The number of ether oxygens (including phenoxy) is 1. The fourth-order valence-electron chi connectivity index (χ4n) is 1.72. The Morgan fingerprint density at radius 3 is 3.00 bits per heavy atom. The zero-order valence-electron chi connectivity index (χ0n) is 8.75. The van der Waals surface area contributed by atoms with Crippen molar-refractivity contribution in [3.8, 4) is 0 Å². The van der Waals surface area contributed by atoms with Gasteiger partial charge in [0.05, 0.1) is 6.61 Å². The molecule has 0 unspecified atom stereocenters. The average molecular weight is 183 g/mol. The van der Waals surface area contributed by atoms with Crippen LogP contribution in [0, 0.1) is 5.92 Å². The van der Waals surface area contributed by atoms with Crippen LogP contribution in [0.25, 0.3) is 0 Å². The summed E-state index contributed by atoms with van der Waals surface area (Å²) in [5.74, 6) is 0.837. The quantitative estimate of drug-likeness (QED) is 0.658. The van der Waals surface area contributed by atoms with Gasteiger partial charge in [0.1, 0.15) is 0 Å². The molecular weight excluding hydrogens is 162 g/mol. The number of methoxy groups -OCH3 is 1. The molecule has 0 aromatic heterocycles. The van der Waals surface area contributed by atoms with E-state index < -0.39 is 0 Å². The van der Waals surface area contributed by atoms with Crippen molar-refractivity contribution in [2.75, 3.05) is 20.3 Å². The first-order valence-corrected chi connectivity index (χ1v) is 5.20. The summed E-state index contributed by atoms with van der Waals surface area (Å²) in [4.78, 5) is 0. The van der Waals surface area contributed by atoms with Crippen LogP contribution in [0.5, 0.6) is 0 Å². The molecule has 0 fully saturated rings. The molecule has 0 aliphatic heterocycles. The molecule has 1 N–H and O–H groups in total. The summed E-state index contributed by atoms with van der Waals surface area (Å²) in [6.45, 7) is 4.11. The van der Waals surface area contributed by atoms with Gasteiger partial charge in [-0.15, -0.1) is 0 Å². The number of hydrogen-bond donors (Lipinski definition) is 1. The van der Waals surface area contributed by atoms with Crippen molar-refractivity contribution in [3.05, 3.63) is 12.2 Å². The number of nitrogens with one attached hydrogen (secondary N) is 1. The second-order valence-corrected chi connectivity index (χ2v) is 3.92. The van der Waals surface area contributed by atoms with Crippen LogP contribution in [-0.4, -0.2) is 26.3 Å². The summed E-state index contributed by atoms with van der Waals surface area (Å²) < 4.78 is 5.07. The molecule has 0 radical (unpaired) electrons. The third kappa shape index (κ3) is 4.44. The fourth-order valence-corrected chi connectivity index (χ4v) is 1.72. The van der Waals surface area contributed by atoms with E-state index in [9.17, 15) is 0 Å². The molecule has 2 nitrogen and oxygen atoms in total.